The third-order valence-corrected chi connectivity index (χ3v) is 8.92. The van der Waals surface area contributed by atoms with E-state index in [9.17, 15) is 9.59 Å². The fourth-order valence-electron chi connectivity index (χ4n) is 6.93. The molecule has 2 aromatic carbocycles. The Morgan fingerprint density at radius 3 is 2.35 bits per heavy atom. The number of carbonyl (C=O) groups is 1. The molecule has 0 saturated heterocycles. The minimum Gasteiger partial charge on any atom is -0.341 e. The normalized spacial score (nSPS) is 19.5. The lowest BCUT2D eigenvalue weighted by atomic mass is 9.76. The molecule has 0 unspecified atom stereocenters. The maximum atomic E-state index is 14.2. The van der Waals surface area contributed by atoms with Gasteiger partial charge < -0.3 is 4.90 Å². The summed E-state index contributed by atoms with van der Waals surface area (Å²) in [5.74, 6) is 0.662. The molecule has 7 rings (SSSR count). The number of likely N-dealkylation sites (N-methyl/N-ethyl adjacent to an activating group) is 1. The minimum atomic E-state index is -0.763. The van der Waals surface area contributed by atoms with Crippen LogP contribution in [-0.4, -0.2) is 53.9 Å². The van der Waals surface area contributed by atoms with Gasteiger partial charge in [0.15, 0.2) is 0 Å². The van der Waals surface area contributed by atoms with Crippen LogP contribution in [0.5, 0.6) is 0 Å². The standard InChI is InChI=1S/C31H37N7O2/c1-4-9-27-26(29(39)38-31(30(40)36(5-2)6-3)18-16-23(17-19-31)37(27)38)20-21-12-14-22(15-13-21)24-10-7-8-11-25(24)28-32-34-35-33-28/h7-8,10-15,23H,4-6,9,16-20H2,1-3H3,(H,32,33,34,35). The summed E-state index contributed by atoms with van der Waals surface area (Å²) in [7, 11) is 0. The van der Waals surface area contributed by atoms with Crippen molar-refractivity contribution in [3.63, 3.8) is 0 Å². The van der Waals surface area contributed by atoms with E-state index in [0.717, 1.165) is 72.0 Å². The number of tetrazole rings is 1. The van der Waals surface area contributed by atoms with Crippen LogP contribution >= 0.6 is 0 Å². The number of hydrogen-bond donors (Lipinski definition) is 1. The van der Waals surface area contributed by atoms with E-state index in [1.165, 1.54) is 0 Å². The number of hydrogen-bond acceptors (Lipinski definition) is 5. The van der Waals surface area contributed by atoms with Crippen LogP contribution in [0.1, 0.15) is 75.7 Å². The molecule has 0 radical (unpaired) electrons. The van der Waals surface area contributed by atoms with Crippen LogP contribution in [0.25, 0.3) is 22.5 Å². The topological polar surface area (TPSA) is 102 Å². The van der Waals surface area contributed by atoms with Crippen molar-refractivity contribution < 1.29 is 4.79 Å². The summed E-state index contributed by atoms with van der Waals surface area (Å²) in [6.07, 6.45) is 5.73. The van der Waals surface area contributed by atoms with Crippen molar-refractivity contribution in [2.24, 2.45) is 0 Å². The molecule has 9 heteroatoms. The Morgan fingerprint density at radius 1 is 1.02 bits per heavy atom. The maximum absolute atomic E-state index is 14.2. The molecule has 4 aromatic rings. The van der Waals surface area contributed by atoms with Gasteiger partial charge in [0.05, 0.1) is 6.04 Å². The van der Waals surface area contributed by atoms with Gasteiger partial charge in [-0.25, -0.2) is 4.68 Å². The van der Waals surface area contributed by atoms with Gasteiger partial charge in [0.25, 0.3) is 11.5 Å². The van der Waals surface area contributed by atoms with Crippen LogP contribution in [0.3, 0.4) is 0 Å². The molecule has 0 spiro atoms. The summed E-state index contributed by atoms with van der Waals surface area (Å²) in [5.41, 5.74) is 5.26. The van der Waals surface area contributed by atoms with Crippen molar-refractivity contribution in [1.82, 2.24) is 34.9 Å². The van der Waals surface area contributed by atoms with Gasteiger partial charge in [0.2, 0.25) is 5.82 Å². The van der Waals surface area contributed by atoms with Crippen LogP contribution in [0.2, 0.25) is 0 Å². The first kappa shape index (κ1) is 26.2. The third kappa shape index (κ3) is 4.10. The maximum Gasteiger partial charge on any atom is 0.271 e. The number of aromatic nitrogens is 6. The van der Waals surface area contributed by atoms with E-state index in [0.29, 0.717) is 31.4 Å². The Balaban J connectivity index is 1.38. The number of nitrogens with zero attached hydrogens (tertiary/aromatic N) is 6. The zero-order chi connectivity index (χ0) is 27.9. The molecule has 2 aliphatic heterocycles. The van der Waals surface area contributed by atoms with Crippen LogP contribution < -0.4 is 5.56 Å². The fourth-order valence-corrected chi connectivity index (χ4v) is 6.93. The number of aromatic amines is 1. The number of H-pyrrole nitrogens is 1. The first-order chi connectivity index (χ1) is 19.5. The summed E-state index contributed by atoms with van der Waals surface area (Å²) in [5, 5.41) is 14.6. The predicted molar refractivity (Wildman–Crippen MR) is 154 cm³/mol. The molecule has 1 aliphatic carbocycles. The molecule has 0 atom stereocenters. The first-order valence-corrected chi connectivity index (χ1v) is 14.6. The van der Waals surface area contributed by atoms with Crippen molar-refractivity contribution in [3.05, 3.63) is 75.7 Å². The Hall–Kier alpha value is -4.01. The Kier molecular flexibility index (Phi) is 6.90. The molecule has 1 saturated carbocycles. The summed E-state index contributed by atoms with van der Waals surface area (Å²) in [6, 6.07) is 16.7. The Bertz CT molecular complexity index is 1550. The van der Waals surface area contributed by atoms with Gasteiger partial charge in [0, 0.05) is 36.3 Å². The van der Waals surface area contributed by atoms with Gasteiger partial charge in [0.1, 0.15) is 5.54 Å². The number of rotatable bonds is 9. The highest BCUT2D eigenvalue weighted by Crippen LogP contribution is 2.47. The molecule has 3 aliphatic rings. The zero-order valence-electron chi connectivity index (χ0n) is 23.6. The highest BCUT2D eigenvalue weighted by Gasteiger charge is 2.53. The number of benzene rings is 2. The number of amides is 1. The van der Waals surface area contributed by atoms with Gasteiger partial charge in [-0.2, -0.15) is 5.21 Å². The van der Waals surface area contributed by atoms with Crippen LogP contribution in [0.15, 0.2) is 53.3 Å². The number of nitrogens with one attached hydrogen (secondary N) is 1. The molecule has 4 heterocycles. The first-order valence-electron chi connectivity index (χ1n) is 14.6. The van der Waals surface area contributed by atoms with E-state index in [-0.39, 0.29) is 11.5 Å². The van der Waals surface area contributed by atoms with Gasteiger partial charge in [-0.3, -0.25) is 14.3 Å². The monoisotopic (exact) mass is 539 g/mol. The summed E-state index contributed by atoms with van der Waals surface area (Å²) in [4.78, 5) is 30.0. The quantitative estimate of drug-likeness (QED) is 0.331. The van der Waals surface area contributed by atoms with Crippen LogP contribution in [0.4, 0.5) is 0 Å². The zero-order valence-corrected chi connectivity index (χ0v) is 23.6. The molecule has 9 nitrogen and oxygen atoms in total. The molecule has 1 fully saturated rings. The molecule has 208 valence electrons. The fraction of sp³-hybridized carbons (Fsp3) is 0.452. The van der Waals surface area contributed by atoms with E-state index < -0.39 is 5.54 Å². The number of fused-ring (bicyclic) bond motifs is 2. The lowest BCUT2D eigenvalue weighted by Gasteiger charge is -2.49. The highest BCUT2D eigenvalue weighted by molar-refractivity contribution is 5.85. The summed E-state index contributed by atoms with van der Waals surface area (Å²) >= 11 is 0. The highest BCUT2D eigenvalue weighted by atomic mass is 16.2. The third-order valence-electron chi connectivity index (χ3n) is 8.92. The van der Waals surface area contributed by atoms with Gasteiger partial charge in [-0.15, -0.1) is 10.2 Å². The lowest BCUT2D eigenvalue weighted by molar-refractivity contribution is -0.147. The van der Waals surface area contributed by atoms with Gasteiger partial charge in [-0.05, 0) is 67.9 Å². The lowest BCUT2D eigenvalue weighted by Crippen LogP contribution is -2.60. The minimum absolute atomic E-state index is 0.0138. The molecule has 1 amide bonds. The molecule has 1 N–H and O–H groups in total. The van der Waals surface area contributed by atoms with Crippen molar-refractivity contribution in [1.29, 1.82) is 0 Å². The average Bonchev–Trinajstić information content (AvgIpc) is 3.64. The van der Waals surface area contributed by atoms with Crippen molar-refractivity contribution in [2.45, 2.75) is 77.3 Å². The molecule has 40 heavy (non-hydrogen) atoms. The van der Waals surface area contributed by atoms with Crippen molar-refractivity contribution >= 4 is 5.91 Å². The molecule has 2 bridgehead atoms. The number of carbonyl (C=O) groups excluding carboxylic acids is 1. The predicted octanol–water partition coefficient (Wildman–Crippen LogP) is 4.73. The Morgan fingerprint density at radius 2 is 1.73 bits per heavy atom. The van der Waals surface area contributed by atoms with E-state index in [1.807, 2.05) is 41.6 Å². The molecular formula is C31H37N7O2. The Labute approximate surface area is 234 Å². The van der Waals surface area contributed by atoms with Crippen molar-refractivity contribution in [3.8, 4) is 22.5 Å². The van der Waals surface area contributed by atoms with Crippen LogP contribution in [0, 0.1) is 0 Å². The van der Waals surface area contributed by atoms with Gasteiger partial charge in [-0.1, -0.05) is 61.9 Å². The largest absolute Gasteiger partial charge is 0.341 e. The van der Waals surface area contributed by atoms with E-state index in [1.54, 1.807) is 0 Å². The van der Waals surface area contributed by atoms with Crippen LogP contribution in [-0.2, 0) is 23.2 Å². The van der Waals surface area contributed by atoms with Gasteiger partial charge >= 0.3 is 0 Å². The van der Waals surface area contributed by atoms with E-state index in [2.05, 4.69) is 62.6 Å². The second kappa shape index (κ2) is 10.5. The molecular weight excluding hydrogens is 502 g/mol. The SMILES string of the molecule is CCCc1c(Cc2ccc(-c3ccccc3-c3nn[nH]n3)cc2)c(=O)n2n1C1CCC2(C(=O)N(CC)CC)CC1. The summed E-state index contributed by atoms with van der Waals surface area (Å²) < 4.78 is 4.13. The average molecular weight is 540 g/mol. The second-order valence-corrected chi connectivity index (χ2v) is 11.0. The van der Waals surface area contributed by atoms with Crippen molar-refractivity contribution in [2.75, 3.05) is 13.1 Å². The second-order valence-electron chi connectivity index (χ2n) is 11.0. The smallest absolute Gasteiger partial charge is 0.271 e. The molecule has 2 aromatic heterocycles. The van der Waals surface area contributed by atoms with E-state index in [4.69, 9.17) is 0 Å². The summed E-state index contributed by atoms with van der Waals surface area (Å²) in [6.45, 7) is 7.52. The van der Waals surface area contributed by atoms with E-state index >= 15 is 0 Å².